The maximum atomic E-state index is 6.96. The molecule has 170 valence electrons. The van der Waals surface area contributed by atoms with Crippen molar-refractivity contribution in [3.05, 3.63) is 90.5 Å². The number of hydrogen-bond donors (Lipinski definition) is 0. The molecule has 0 heterocycles. The van der Waals surface area contributed by atoms with Crippen LogP contribution in [0.1, 0.15) is 39.7 Å². The second kappa shape index (κ2) is 11.0. The van der Waals surface area contributed by atoms with Gasteiger partial charge in [-0.1, -0.05) is 93.6 Å². The molecule has 32 heavy (non-hydrogen) atoms. The van der Waals surface area contributed by atoms with E-state index in [9.17, 15) is 0 Å². The Labute approximate surface area is 194 Å². The Bertz CT molecular complexity index is 894. The van der Waals surface area contributed by atoms with Crippen molar-refractivity contribution in [1.29, 1.82) is 0 Å². The number of rotatable bonds is 10. The molecular formula is C28H36O3Si. The first-order valence-corrected chi connectivity index (χ1v) is 13.3. The molecule has 0 N–H and O–H groups in total. The maximum absolute atomic E-state index is 6.96. The van der Waals surface area contributed by atoms with Crippen LogP contribution >= 0.6 is 0 Å². The summed E-state index contributed by atoms with van der Waals surface area (Å²) in [6.07, 6.45) is 0.955. The molecule has 0 saturated carbocycles. The molecule has 3 aromatic rings. The lowest BCUT2D eigenvalue weighted by Crippen LogP contribution is -2.66. The van der Waals surface area contributed by atoms with Gasteiger partial charge in [0.2, 0.25) is 0 Å². The molecule has 0 bridgehead atoms. The van der Waals surface area contributed by atoms with Crippen LogP contribution in [0.5, 0.6) is 5.75 Å². The van der Waals surface area contributed by atoms with E-state index in [1.807, 2.05) is 24.3 Å². The van der Waals surface area contributed by atoms with Crippen molar-refractivity contribution in [3.8, 4) is 5.75 Å². The van der Waals surface area contributed by atoms with Gasteiger partial charge in [-0.2, -0.15) is 0 Å². The SMILES string of the molecule is COc1ccc(COC(C)CCO[Si](c2ccccc2)(c2ccccc2)C(C)(C)C)cc1. The Kier molecular flexibility index (Phi) is 8.30. The molecule has 0 aliphatic rings. The average Bonchev–Trinajstić information content (AvgIpc) is 2.81. The Balaban J connectivity index is 1.71. The van der Waals surface area contributed by atoms with Crippen LogP contribution in [0.4, 0.5) is 0 Å². The van der Waals surface area contributed by atoms with E-state index in [-0.39, 0.29) is 11.1 Å². The third-order valence-corrected chi connectivity index (χ3v) is 11.0. The second-order valence-corrected chi connectivity index (χ2v) is 13.6. The van der Waals surface area contributed by atoms with Crippen LogP contribution in [0.3, 0.4) is 0 Å². The molecule has 3 nitrogen and oxygen atoms in total. The molecule has 0 amide bonds. The highest BCUT2D eigenvalue weighted by Crippen LogP contribution is 2.36. The average molecular weight is 449 g/mol. The fourth-order valence-corrected chi connectivity index (χ4v) is 8.76. The van der Waals surface area contributed by atoms with Crippen LogP contribution in [0.2, 0.25) is 5.04 Å². The Hall–Kier alpha value is -2.40. The highest BCUT2D eigenvalue weighted by Gasteiger charge is 2.50. The van der Waals surface area contributed by atoms with Gasteiger partial charge in [0, 0.05) is 6.61 Å². The molecule has 0 aliphatic heterocycles. The monoisotopic (exact) mass is 448 g/mol. The first-order valence-electron chi connectivity index (χ1n) is 11.4. The predicted molar refractivity (Wildman–Crippen MR) is 135 cm³/mol. The zero-order chi connectivity index (χ0) is 23.0. The smallest absolute Gasteiger partial charge is 0.261 e. The van der Waals surface area contributed by atoms with Gasteiger partial charge in [0.15, 0.2) is 0 Å². The van der Waals surface area contributed by atoms with Crippen LogP contribution in [0.15, 0.2) is 84.9 Å². The van der Waals surface area contributed by atoms with Crippen molar-refractivity contribution >= 4 is 18.7 Å². The summed E-state index contributed by atoms with van der Waals surface area (Å²) in [5, 5.41) is 2.61. The van der Waals surface area contributed by atoms with Crippen LogP contribution in [-0.2, 0) is 15.8 Å². The fourth-order valence-electron chi connectivity index (χ4n) is 4.18. The largest absolute Gasteiger partial charge is 0.497 e. The highest BCUT2D eigenvalue weighted by atomic mass is 28.4. The van der Waals surface area contributed by atoms with Crippen molar-refractivity contribution in [2.75, 3.05) is 13.7 Å². The summed E-state index contributed by atoms with van der Waals surface area (Å²) in [4.78, 5) is 0. The minimum absolute atomic E-state index is 0.0110. The third kappa shape index (κ3) is 5.69. The lowest BCUT2D eigenvalue weighted by Gasteiger charge is -2.43. The van der Waals surface area contributed by atoms with Gasteiger partial charge in [-0.15, -0.1) is 0 Å². The van der Waals surface area contributed by atoms with E-state index in [0.29, 0.717) is 13.2 Å². The van der Waals surface area contributed by atoms with Gasteiger partial charge in [0.25, 0.3) is 8.32 Å². The van der Waals surface area contributed by atoms with Crippen LogP contribution in [0.25, 0.3) is 0 Å². The van der Waals surface area contributed by atoms with Crippen molar-refractivity contribution in [2.24, 2.45) is 0 Å². The quantitative estimate of drug-likeness (QED) is 0.380. The molecular weight excluding hydrogens is 412 g/mol. The third-order valence-electron chi connectivity index (χ3n) is 5.95. The normalized spacial score (nSPS) is 13.0. The minimum Gasteiger partial charge on any atom is -0.497 e. The summed E-state index contributed by atoms with van der Waals surface area (Å²) in [5.41, 5.74) is 1.14. The lowest BCUT2D eigenvalue weighted by molar-refractivity contribution is 0.0377. The summed E-state index contributed by atoms with van der Waals surface area (Å²) in [6, 6.07) is 29.6. The van der Waals surface area contributed by atoms with Gasteiger partial charge in [-0.25, -0.2) is 0 Å². The van der Waals surface area contributed by atoms with E-state index in [2.05, 4.69) is 88.4 Å². The Morgan fingerprint density at radius 3 is 1.78 bits per heavy atom. The molecule has 0 saturated heterocycles. The summed E-state index contributed by atoms with van der Waals surface area (Å²) in [5.74, 6) is 0.862. The van der Waals surface area contributed by atoms with Gasteiger partial charge in [-0.05, 0) is 46.5 Å². The molecule has 0 aromatic heterocycles. The van der Waals surface area contributed by atoms with E-state index in [1.165, 1.54) is 10.4 Å². The minimum atomic E-state index is -2.48. The van der Waals surface area contributed by atoms with Crippen molar-refractivity contribution < 1.29 is 13.9 Å². The molecule has 0 radical (unpaired) electrons. The molecule has 3 aromatic carbocycles. The molecule has 0 aliphatic carbocycles. The standard InChI is InChI=1S/C28H36O3Si/c1-23(30-22-24-16-18-25(29-5)19-17-24)20-21-31-32(28(2,3)4,26-12-8-6-9-13-26)27-14-10-7-11-15-27/h6-19,23H,20-22H2,1-5H3. The Morgan fingerprint density at radius 2 is 1.31 bits per heavy atom. The van der Waals surface area contributed by atoms with Crippen molar-refractivity contribution in [2.45, 2.75) is 51.9 Å². The van der Waals surface area contributed by atoms with Crippen LogP contribution < -0.4 is 15.1 Å². The summed E-state index contributed by atoms with van der Waals surface area (Å²) in [7, 11) is -0.803. The van der Waals surface area contributed by atoms with Gasteiger partial charge in [-0.3, -0.25) is 0 Å². The second-order valence-electron chi connectivity index (χ2n) is 9.27. The first-order chi connectivity index (χ1) is 15.4. The fraction of sp³-hybridized carbons (Fsp3) is 0.357. The Morgan fingerprint density at radius 1 is 0.781 bits per heavy atom. The van der Waals surface area contributed by atoms with E-state index in [4.69, 9.17) is 13.9 Å². The van der Waals surface area contributed by atoms with Gasteiger partial charge >= 0.3 is 0 Å². The number of hydrogen-bond acceptors (Lipinski definition) is 3. The molecule has 1 unspecified atom stereocenters. The number of methoxy groups -OCH3 is 1. The lowest BCUT2D eigenvalue weighted by atomic mass is 10.2. The summed E-state index contributed by atoms with van der Waals surface area (Å²) >= 11 is 0. The molecule has 0 spiro atoms. The van der Waals surface area contributed by atoms with Crippen molar-refractivity contribution in [1.82, 2.24) is 0 Å². The molecule has 4 heteroatoms. The van der Waals surface area contributed by atoms with Crippen molar-refractivity contribution in [3.63, 3.8) is 0 Å². The van der Waals surface area contributed by atoms with Gasteiger partial charge < -0.3 is 13.9 Å². The molecule has 1 atom stereocenters. The van der Waals surface area contributed by atoms with E-state index in [1.54, 1.807) is 7.11 Å². The van der Waals surface area contributed by atoms with E-state index >= 15 is 0 Å². The molecule has 0 fully saturated rings. The van der Waals surface area contributed by atoms with E-state index < -0.39 is 8.32 Å². The first kappa shape index (κ1) is 24.2. The zero-order valence-electron chi connectivity index (χ0n) is 20.0. The maximum Gasteiger partial charge on any atom is 0.261 e. The molecule has 3 rings (SSSR count). The van der Waals surface area contributed by atoms with Gasteiger partial charge in [0.05, 0.1) is 19.8 Å². The van der Waals surface area contributed by atoms with Crippen LogP contribution in [0, 0.1) is 0 Å². The summed E-state index contributed by atoms with van der Waals surface area (Å²) in [6.45, 7) is 10.3. The van der Waals surface area contributed by atoms with E-state index in [0.717, 1.165) is 17.7 Å². The topological polar surface area (TPSA) is 27.7 Å². The van der Waals surface area contributed by atoms with Gasteiger partial charge in [0.1, 0.15) is 5.75 Å². The predicted octanol–water partition coefficient (Wildman–Crippen LogP) is 5.57. The number of benzene rings is 3. The zero-order valence-corrected chi connectivity index (χ0v) is 21.0. The summed E-state index contributed by atoms with van der Waals surface area (Å²) < 4.78 is 18.3. The highest BCUT2D eigenvalue weighted by molar-refractivity contribution is 6.99. The number of ether oxygens (including phenoxy) is 2. The van der Waals surface area contributed by atoms with Crippen LogP contribution in [-0.4, -0.2) is 28.1 Å².